The Kier molecular flexibility index (Phi) is 21.2. The van der Waals surface area contributed by atoms with Gasteiger partial charge in [0.05, 0.1) is 53.1 Å². The van der Waals surface area contributed by atoms with E-state index in [4.69, 9.17) is 54.1 Å². The maximum atomic E-state index is 12.7. The van der Waals surface area contributed by atoms with Crippen molar-refractivity contribution in [2.24, 2.45) is 29.2 Å². The van der Waals surface area contributed by atoms with E-state index in [1.54, 1.807) is 20.3 Å². The predicted octanol–water partition coefficient (Wildman–Crippen LogP) is 7.79. The molecule has 2 aromatic rings. The summed E-state index contributed by atoms with van der Waals surface area (Å²) < 4.78 is 83.8. The number of hydrogen-bond acceptors (Lipinski definition) is 18. The molecule has 7 N–H and O–H groups in total. The molecule has 4 saturated heterocycles. The van der Waals surface area contributed by atoms with E-state index in [0.717, 1.165) is 90.1 Å². The van der Waals surface area contributed by atoms with Gasteiger partial charge >= 0.3 is 12.1 Å². The topological polar surface area (TPSA) is 310 Å². The Morgan fingerprint density at radius 3 is 1.55 bits per heavy atom. The molecule has 8 aliphatic rings. The molecule has 2 spiro atoms. The molecule has 0 amide bonds. The Morgan fingerprint density at radius 1 is 0.713 bits per heavy atom. The monoisotopic (exact) mass is 1140 g/mol. The average Bonchev–Trinajstić information content (AvgIpc) is 4.51. The Bertz CT molecular complexity index is 2550. The normalized spacial score (nSPS) is 36.4. The van der Waals surface area contributed by atoms with E-state index in [0.29, 0.717) is 43.5 Å². The van der Waals surface area contributed by atoms with Crippen LogP contribution in [0.2, 0.25) is 0 Å². The molecule has 446 valence electrons. The van der Waals surface area contributed by atoms with Gasteiger partial charge < -0.3 is 64.4 Å². The van der Waals surface area contributed by atoms with E-state index in [1.807, 2.05) is 0 Å². The number of nitrogens with two attached hydrogens (primary N) is 2. The lowest BCUT2D eigenvalue weighted by atomic mass is 9.68. The number of esters is 1. The number of methoxy groups -OCH3 is 2. The van der Waals surface area contributed by atoms with Crippen molar-refractivity contribution >= 4 is 27.9 Å². The zero-order chi connectivity index (χ0) is 58.2. The number of carbonyl (C=O) groups is 2. The first-order valence-corrected chi connectivity index (χ1v) is 29.9. The fraction of sp³-hybridized carbons (Fsp3) is 0.695. The summed E-state index contributed by atoms with van der Waals surface area (Å²) in [5, 5.41) is 10.8. The standard InChI is InChI=1S/C24H39NO5.C23H29NO8.C6H14N2.C6H6O3S/c1-15(2)5-10-19-23(3,30-19)22-21(27-4)18(11-12-24(22)14-28-24)29-20(26)13-16-6-8-17(25)9-7-16;1-14(2)5-10-18-22(3,32-18)20-19(28-4)17(11-12-23(20)13-29-23)31-21(25)30-16-8-6-15(7-9-16)24(26)27;7-5-1-2-6(8)4-3-5;7-10(8,9)6-4-2-1-3-5-6/h5,16-19,21-22H,6-14,25H2,1-4H3;5-9,17-20H,10-13H2,1-4H3;5-6H,1-4,7-8H2;1-5H,(H,7,8,9)/t16?,17?,18?,19-,21?,22?,23+,24+;17?,18-,19?,20?,22+,23+;;/m11../s1. The second-order valence-electron chi connectivity index (χ2n) is 24.1. The molecule has 10 rings (SSSR count). The van der Waals surface area contributed by atoms with Gasteiger partial charge in [0.1, 0.15) is 62.7 Å². The van der Waals surface area contributed by atoms with Gasteiger partial charge in [0, 0.05) is 44.9 Å². The lowest BCUT2D eigenvalue weighted by Crippen LogP contribution is -2.61. The number of non-ortho nitro benzene ring substituents is 1. The Labute approximate surface area is 472 Å². The van der Waals surface area contributed by atoms with Gasteiger partial charge in [0.15, 0.2) is 0 Å². The van der Waals surface area contributed by atoms with Crippen LogP contribution in [0.4, 0.5) is 10.5 Å². The predicted molar refractivity (Wildman–Crippen MR) is 295 cm³/mol. The summed E-state index contributed by atoms with van der Waals surface area (Å²) >= 11 is 0. The van der Waals surface area contributed by atoms with Crippen LogP contribution in [0, 0.1) is 27.9 Å². The molecule has 2 aromatic carbocycles. The number of nitro benzene ring substituents is 1. The molecule has 6 unspecified atom stereocenters. The molecule has 12 atom stereocenters. The molecule has 4 aliphatic carbocycles. The minimum absolute atomic E-state index is 0.0620. The summed E-state index contributed by atoms with van der Waals surface area (Å²) in [4.78, 5) is 35.3. The highest BCUT2D eigenvalue weighted by Gasteiger charge is 2.73. The summed E-state index contributed by atoms with van der Waals surface area (Å²) in [6.07, 6.45) is 16.6. The van der Waals surface area contributed by atoms with Gasteiger partial charge in [-0.15, -0.1) is 0 Å². The van der Waals surface area contributed by atoms with Gasteiger partial charge in [-0.1, -0.05) is 41.5 Å². The van der Waals surface area contributed by atoms with E-state index in [2.05, 4.69) is 59.4 Å². The lowest BCUT2D eigenvalue weighted by Gasteiger charge is -2.42. The second-order valence-corrected chi connectivity index (χ2v) is 25.5. The van der Waals surface area contributed by atoms with Crippen LogP contribution in [-0.2, 0) is 52.8 Å². The zero-order valence-corrected chi connectivity index (χ0v) is 48.9. The van der Waals surface area contributed by atoms with Crippen molar-refractivity contribution in [3.05, 3.63) is 88.0 Å². The number of ether oxygens (including phenoxy) is 9. The maximum Gasteiger partial charge on any atom is 0.514 e. The summed E-state index contributed by atoms with van der Waals surface area (Å²) in [6, 6.07) is 13.9. The minimum Gasteiger partial charge on any atom is -0.744 e. The third kappa shape index (κ3) is 16.4. The molecule has 8 fully saturated rings. The van der Waals surface area contributed by atoms with Crippen LogP contribution >= 0.6 is 0 Å². The van der Waals surface area contributed by atoms with Crippen LogP contribution in [0.3, 0.4) is 0 Å². The van der Waals surface area contributed by atoms with E-state index >= 15 is 0 Å². The summed E-state index contributed by atoms with van der Waals surface area (Å²) in [6.45, 7) is 14.0. The van der Waals surface area contributed by atoms with Gasteiger partial charge in [-0.25, -0.2) is 13.2 Å². The lowest BCUT2D eigenvalue weighted by molar-refractivity contribution is -0.426. The molecule has 0 radical (unpaired) electrons. The van der Waals surface area contributed by atoms with Crippen LogP contribution in [0.25, 0.3) is 0 Å². The number of nitro groups is 1. The highest BCUT2D eigenvalue weighted by Crippen LogP contribution is 2.61. The highest BCUT2D eigenvalue weighted by atomic mass is 32.2. The van der Waals surface area contributed by atoms with Crippen molar-refractivity contribution < 1.29 is 75.8 Å². The van der Waals surface area contributed by atoms with E-state index < -0.39 is 39.0 Å². The van der Waals surface area contributed by atoms with Gasteiger partial charge in [0.25, 0.3) is 5.69 Å². The van der Waals surface area contributed by atoms with Gasteiger partial charge in [-0.3, -0.25) is 14.9 Å². The molecule has 4 saturated carbocycles. The fourth-order valence-electron chi connectivity index (χ4n) is 12.6. The van der Waals surface area contributed by atoms with Gasteiger partial charge in [-0.05, 0) is 162 Å². The Hall–Kier alpha value is -4.39. The summed E-state index contributed by atoms with van der Waals surface area (Å²) in [7, 11) is -0.919. The van der Waals surface area contributed by atoms with Gasteiger partial charge in [0.2, 0.25) is 0 Å². The molecule has 80 heavy (non-hydrogen) atoms. The van der Waals surface area contributed by atoms with Crippen LogP contribution in [-0.4, -0.2) is 135 Å². The highest BCUT2D eigenvalue weighted by molar-refractivity contribution is 7.85. The molecule has 4 heterocycles. The fourth-order valence-corrected chi connectivity index (χ4v) is 13.1. The van der Waals surface area contributed by atoms with E-state index in [-0.39, 0.29) is 75.4 Å². The first-order chi connectivity index (χ1) is 37.8. The van der Waals surface area contributed by atoms with Crippen LogP contribution in [0.5, 0.6) is 5.75 Å². The molecular formula is C59H88N4O16S. The SMILES string of the molecule is COC1C(OC(=O)CC2CCC([NH3+])CC2)CC[C@]2(CO2)C1[C@@]1(C)O[C@@H]1CC=C(C)C.COC1C(OC(=O)Oc2ccc([N+](=O)[O-])cc2)CC[C@]2(CO2)C1[C@@]1(C)O[C@@H]1CC=C(C)C.NC1CCC(N)CC1.O=S(=O)([O-])c1ccccc1. The maximum absolute atomic E-state index is 12.7. The third-order valence-electron chi connectivity index (χ3n) is 17.5. The number of hydrogen-bond donors (Lipinski definition) is 3. The first kappa shape index (κ1) is 63.2. The number of nitrogens with zero attached hydrogens (tertiary/aromatic N) is 1. The van der Waals surface area contributed by atoms with Crippen molar-refractivity contribution in [3.63, 3.8) is 0 Å². The molecule has 21 heteroatoms. The number of rotatable bonds is 15. The Morgan fingerprint density at radius 2 is 1.16 bits per heavy atom. The number of carbonyl (C=O) groups excluding carboxylic acids is 2. The number of allylic oxidation sites excluding steroid dienone is 2. The summed E-state index contributed by atoms with van der Waals surface area (Å²) in [5.41, 5.74) is 16.7. The summed E-state index contributed by atoms with van der Waals surface area (Å²) in [5.74, 6) is 0.527. The zero-order valence-electron chi connectivity index (χ0n) is 48.0. The minimum atomic E-state index is -4.25. The molecule has 0 aromatic heterocycles. The quantitative estimate of drug-likeness (QED) is 0.0291. The van der Waals surface area contributed by atoms with Crippen molar-refractivity contribution in [2.45, 2.75) is 220 Å². The first-order valence-electron chi connectivity index (χ1n) is 28.5. The van der Waals surface area contributed by atoms with Crippen LogP contribution < -0.4 is 21.9 Å². The largest absolute Gasteiger partial charge is 0.744 e. The van der Waals surface area contributed by atoms with Crippen LogP contribution in [0.1, 0.15) is 138 Å². The molecule has 0 bridgehead atoms. The smallest absolute Gasteiger partial charge is 0.514 e. The van der Waals surface area contributed by atoms with Gasteiger partial charge in [-0.2, -0.15) is 0 Å². The van der Waals surface area contributed by atoms with Crippen molar-refractivity contribution in [1.82, 2.24) is 0 Å². The average molecular weight is 1140 g/mol. The number of benzene rings is 2. The number of epoxide rings is 4. The van der Waals surface area contributed by atoms with E-state index in [9.17, 15) is 32.7 Å². The third-order valence-corrected chi connectivity index (χ3v) is 18.4. The van der Waals surface area contributed by atoms with Crippen molar-refractivity contribution in [3.8, 4) is 5.75 Å². The Balaban J connectivity index is 0.000000177. The number of quaternary nitrogens is 1. The van der Waals surface area contributed by atoms with E-state index in [1.165, 1.54) is 59.7 Å². The molecular weight excluding hydrogens is 1050 g/mol. The second kappa shape index (κ2) is 26.9. The van der Waals surface area contributed by atoms with Crippen LogP contribution in [0.15, 0.2) is 82.8 Å². The van der Waals surface area contributed by atoms with Crippen molar-refractivity contribution in [1.29, 1.82) is 0 Å². The molecule has 20 nitrogen and oxygen atoms in total. The molecule has 4 aliphatic heterocycles. The van der Waals surface area contributed by atoms with Crippen molar-refractivity contribution in [2.75, 3.05) is 27.4 Å².